The van der Waals surface area contributed by atoms with E-state index in [-0.39, 0.29) is 17.3 Å². The second kappa shape index (κ2) is 5.65. The molecule has 1 aromatic carbocycles. The fraction of sp³-hybridized carbons (Fsp3) is 0.333. The normalized spacial score (nSPS) is 10.3. The Hall–Kier alpha value is -1.17. The first-order valence-electron chi connectivity index (χ1n) is 4.40. The molecule has 1 rings (SSSR count). The summed E-state index contributed by atoms with van der Waals surface area (Å²) < 4.78 is 0. The van der Waals surface area contributed by atoms with Crippen LogP contribution in [0.15, 0.2) is 18.2 Å². The Kier molecular flexibility index (Phi) is 4.48. The van der Waals surface area contributed by atoms with Crippen molar-refractivity contribution in [2.24, 2.45) is 0 Å². The minimum absolute atomic E-state index is 0.0204. The lowest BCUT2D eigenvalue weighted by molar-refractivity contribution is -0.384. The van der Waals surface area contributed by atoms with Crippen LogP contribution in [0.5, 0.6) is 0 Å². The molecular formula is C9H11ClN2O3. The maximum atomic E-state index is 10.6. The van der Waals surface area contributed by atoms with Gasteiger partial charge in [0.15, 0.2) is 0 Å². The molecular weight excluding hydrogens is 220 g/mol. The SMILES string of the molecule is O=[N+]([O-])c1cccc(CNCCO)c1Cl. The molecule has 0 aliphatic carbocycles. The third kappa shape index (κ3) is 3.16. The lowest BCUT2D eigenvalue weighted by Crippen LogP contribution is -2.17. The maximum Gasteiger partial charge on any atom is 0.288 e. The standard InChI is InChI=1S/C9H11ClN2O3/c10-9-7(6-11-4-5-13)2-1-3-8(9)12(14)15/h1-3,11,13H,4-6H2. The van der Waals surface area contributed by atoms with E-state index in [0.29, 0.717) is 18.7 Å². The van der Waals surface area contributed by atoms with Crippen molar-refractivity contribution in [3.8, 4) is 0 Å². The monoisotopic (exact) mass is 230 g/mol. The molecule has 0 heterocycles. The van der Waals surface area contributed by atoms with Gasteiger partial charge in [-0.05, 0) is 5.56 Å². The van der Waals surface area contributed by atoms with Crippen LogP contribution >= 0.6 is 11.6 Å². The summed E-state index contributed by atoms with van der Waals surface area (Å²) in [5.41, 5.74) is 0.555. The van der Waals surface area contributed by atoms with E-state index in [1.54, 1.807) is 12.1 Å². The van der Waals surface area contributed by atoms with Gasteiger partial charge in [0.25, 0.3) is 5.69 Å². The van der Waals surface area contributed by atoms with Crippen LogP contribution in [-0.4, -0.2) is 23.2 Å². The van der Waals surface area contributed by atoms with Gasteiger partial charge in [0, 0.05) is 19.2 Å². The molecule has 0 bridgehead atoms. The number of rotatable bonds is 5. The van der Waals surface area contributed by atoms with Crippen molar-refractivity contribution >= 4 is 17.3 Å². The van der Waals surface area contributed by atoms with Gasteiger partial charge in [-0.2, -0.15) is 0 Å². The summed E-state index contributed by atoms with van der Waals surface area (Å²) in [7, 11) is 0. The molecule has 0 saturated heterocycles. The molecule has 15 heavy (non-hydrogen) atoms. The van der Waals surface area contributed by atoms with Crippen molar-refractivity contribution in [1.29, 1.82) is 0 Å². The van der Waals surface area contributed by atoms with Crippen LogP contribution in [-0.2, 0) is 6.54 Å². The van der Waals surface area contributed by atoms with Crippen molar-refractivity contribution in [2.75, 3.05) is 13.2 Å². The summed E-state index contributed by atoms with van der Waals surface area (Å²) in [6.07, 6.45) is 0. The van der Waals surface area contributed by atoms with Crippen LogP contribution in [0.1, 0.15) is 5.56 Å². The predicted molar refractivity (Wildman–Crippen MR) is 56.9 cm³/mol. The molecule has 0 amide bonds. The summed E-state index contributed by atoms with van der Waals surface area (Å²) >= 11 is 5.84. The number of hydrogen-bond donors (Lipinski definition) is 2. The Labute approximate surface area is 91.8 Å². The Bertz CT molecular complexity index is 357. The Balaban J connectivity index is 2.80. The van der Waals surface area contributed by atoms with Crippen LogP contribution in [0.4, 0.5) is 5.69 Å². The highest BCUT2D eigenvalue weighted by molar-refractivity contribution is 6.33. The van der Waals surface area contributed by atoms with Crippen molar-refractivity contribution < 1.29 is 10.0 Å². The number of nitro benzene ring substituents is 1. The first-order chi connectivity index (χ1) is 7.16. The highest BCUT2D eigenvalue weighted by Gasteiger charge is 2.14. The van der Waals surface area contributed by atoms with Crippen molar-refractivity contribution in [2.45, 2.75) is 6.54 Å². The molecule has 0 spiro atoms. The van der Waals surface area contributed by atoms with E-state index in [2.05, 4.69) is 5.32 Å². The van der Waals surface area contributed by atoms with E-state index in [9.17, 15) is 10.1 Å². The highest BCUT2D eigenvalue weighted by atomic mass is 35.5. The molecule has 0 fully saturated rings. The van der Waals surface area contributed by atoms with E-state index in [4.69, 9.17) is 16.7 Å². The molecule has 2 N–H and O–H groups in total. The minimum Gasteiger partial charge on any atom is -0.395 e. The van der Waals surface area contributed by atoms with E-state index < -0.39 is 4.92 Å². The van der Waals surface area contributed by atoms with E-state index in [0.717, 1.165) is 0 Å². The average molecular weight is 231 g/mol. The molecule has 0 saturated carbocycles. The number of benzene rings is 1. The third-order valence-electron chi connectivity index (χ3n) is 1.86. The van der Waals surface area contributed by atoms with Gasteiger partial charge in [0.05, 0.1) is 11.5 Å². The van der Waals surface area contributed by atoms with E-state index in [1.165, 1.54) is 6.07 Å². The number of halogens is 1. The van der Waals surface area contributed by atoms with Crippen LogP contribution in [0.3, 0.4) is 0 Å². The number of aliphatic hydroxyl groups excluding tert-OH is 1. The molecule has 82 valence electrons. The summed E-state index contributed by atoms with van der Waals surface area (Å²) in [4.78, 5) is 10.0. The second-order valence-corrected chi connectivity index (χ2v) is 3.29. The van der Waals surface area contributed by atoms with Gasteiger partial charge in [0.1, 0.15) is 5.02 Å². The average Bonchev–Trinajstić information content (AvgIpc) is 2.20. The molecule has 5 nitrogen and oxygen atoms in total. The molecule has 6 heteroatoms. The fourth-order valence-corrected chi connectivity index (χ4v) is 1.41. The predicted octanol–water partition coefficient (Wildman–Crippen LogP) is 1.33. The first kappa shape index (κ1) is 11.9. The molecule has 0 aliphatic heterocycles. The number of nitrogens with one attached hydrogen (secondary N) is 1. The maximum absolute atomic E-state index is 10.6. The van der Waals surface area contributed by atoms with Gasteiger partial charge in [-0.1, -0.05) is 23.7 Å². The lowest BCUT2D eigenvalue weighted by Gasteiger charge is -2.05. The zero-order chi connectivity index (χ0) is 11.3. The smallest absolute Gasteiger partial charge is 0.288 e. The Morgan fingerprint density at radius 2 is 2.27 bits per heavy atom. The molecule has 0 radical (unpaired) electrons. The Morgan fingerprint density at radius 3 is 2.87 bits per heavy atom. The number of nitro groups is 1. The van der Waals surface area contributed by atoms with Gasteiger partial charge >= 0.3 is 0 Å². The van der Waals surface area contributed by atoms with E-state index >= 15 is 0 Å². The van der Waals surface area contributed by atoms with Crippen LogP contribution < -0.4 is 5.32 Å². The van der Waals surface area contributed by atoms with Crippen molar-refractivity contribution in [3.63, 3.8) is 0 Å². The summed E-state index contributed by atoms with van der Waals surface area (Å²) in [5.74, 6) is 0. The number of nitrogens with zero attached hydrogens (tertiary/aromatic N) is 1. The molecule has 1 aromatic rings. The topological polar surface area (TPSA) is 75.4 Å². The van der Waals surface area contributed by atoms with Gasteiger partial charge < -0.3 is 10.4 Å². The molecule has 0 atom stereocenters. The fourth-order valence-electron chi connectivity index (χ4n) is 1.15. The first-order valence-corrected chi connectivity index (χ1v) is 4.78. The van der Waals surface area contributed by atoms with Crippen LogP contribution in [0.2, 0.25) is 5.02 Å². The van der Waals surface area contributed by atoms with Crippen LogP contribution in [0.25, 0.3) is 0 Å². The summed E-state index contributed by atoms with van der Waals surface area (Å²) in [5, 5.41) is 22.2. The Morgan fingerprint density at radius 1 is 1.53 bits per heavy atom. The molecule has 0 aromatic heterocycles. The number of hydrogen-bond acceptors (Lipinski definition) is 4. The van der Waals surface area contributed by atoms with Gasteiger partial charge in [-0.25, -0.2) is 0 Å². The largest absolute Gasteiger partial charge is 0.395 e. The second-order valence-electron chi connectivity index (χ2n) is 2.91. The zero-order valence-electron chi connectivity index (χ0n) is 7.94. The van der Waals surface area contributed by atoms with E-state index in [1.807, 2.05) is 0 Å². The minimum atomic E-state index is -0.516. The van der Waals surface area contributed by atoms with Crippen LogP contribution in [0, 0.1) is 10.1 Å². The lowest BCUT2D eigenvalue weighted by atomic mass is 10.2. The van der Waals surface area contributed by atoms with Gasteiger partial charge in [-0.3, -0.25) is 10.1 Å². The molecule has 0 aliphatic rings. The van der Waals surface area contributed by atoms with Gasteiger partial charge in [-0.15, -0.1) is 0 Å². The quantitative estimate of drug-likeness (QED) is 0.455. The summed E-state index contributed by atoms with van der Waals surface area (Å²) in [6.45, 7) is 0.854. The van der Waals surface area contributed by atoms with Gasteiger partial charge in [0.2, 0.25) is 0 Å². The van der Waals surface area contributed by atoms with Crippen molar-refractivity contribution in [3.05, 3.63) is 38.9 Å². The number of aliphatic hydroxyl groups is 1. The van der Waals surface area contributed by atoms with Crippen molar-refractivity contribution in [1.82, 2.24) is 5.32 Å². The highest BCUT2D eigenvalue weighted by Crippen LogP contribution is 2.27. The molecule has 0 unspecified atom stereocenters. The zero-order valence-corrected chi connectivity index (χ0v) is 8.70. The summed E-state index contributed by atoms with van der Waals surface area (Å²) in [6, 6.07) is 4.65. The third-order valence-corrected chi connectivity index (χ3v) is 2.30.